The van der Waals surface area contributed by atoms with Gasteiger partial charge in [-0.3, -0.25) is 0 Å². The SMILES string of the molecule is Cc1csc(C(C)(C)C=O)n1. The van der Waals surface area contributed by atoms with Crippen molar-refractivity contribution >= 4 is 17.6 Å². The van der Waals surface area contributed by atoms with E-state index < -0.39 is 5.41 Å². The lowest BCUT2D eigenvalue weighted by Gasteiger charge is -2.11. The maximum atomic E-state index is 10.6. The van der Waals surface area contributed by atoms with Gasteiger partial charge in [0.15, 0.2) is 0 Å². The number of aromatic nitrogens is 1. The van der Waals surface area contributed by atoms with E-state index in [0.29, 0.717) is 0 Å². The Bertz CT molecular complexity index is 265. The summed E-state index contributed by atoms with van der Waals surface area (Å²) in [6, 6.07) is 0. The van der Waals surface area contributed by atoms with Gasteiger partial charge in [-0.05, 0) is 20.8 Å². The molecule has 0 N–H and O–H groups in total. The number of thiazole rings is 1. The Kier molecular flexibility index (Phi) is 2.09. The normalized spacial score (nSPS) is 11.5. The van der Waals surface area contributed by atoms with Gasteiger partial charge in [-0.15, -0.1) is 11.3 Å². The smallest absolute Gasteiger partial charge is 0.132 e. The molecular weight excluding hydrogens is 158 g/mol. The van der Waals surface area contributed by atoms with Crippen LogP contribution in [-0.4, -0.2) is 11.3 Å². The summed E-state index contributed by atoms with van der Waals surface area (Å²) in [6.45, 7) is 5.68. The van der Waals surface area contributed by atoms with Gasteiger partial charge < -0.3 is 4.79 Å². The second-order valence-corrected chi connectivity index (χ2v) is 3.99. The van der Waals surface area contributed by atoms with E-state index in [0.717, 1.165) is 17.0 Å². The van der Waals surface area contributed by atoms with Crippen LogP contribution in [0.5, 0.6) is 0 Å². The quantitative estimate of drug-likeness (QED) is 0.633. The number of aldehydes is 1. The minimum absolute atomic E-state index is 0.418. The van der Waals surface area contributed by atoms with Crippen LogP contribution in [-0.2, 0) is 10.2 Å². The molecule has 3 heteroatoms. The van der Waals surface area contributed by atoms with Gasteiger partial charge in [-0.2, -0.15) is 0 Å². The first kappa shape index (κ1) is 8.40. The van der Waals surface area contributed by atoms with Crippen molar-refractivity contribution < 1.29 is 4.79 Å². The van der Waals surface area contributed by atoms with E-state index in [2.05, 4.69) is 4.98 Å². The topological polar surface area (TPSA) is 30.0 Å². The van der Waals surface area contributed by atoms with Crippen LogP contribution in [0.25, 0.3) is 0 Å². The highest BCUT2D eigenvalue weighted by Gasteiger charge is 2.22. The van der Waals surface area contributed by atoms with Crippen molar-refractivity contribution in [3.8, 4) is 0 Å². The van der Waals surface area contributed by atoms with E-state index >= 15 is 0 Å². The Morgan fingerprint density at radius 2 is 2.27 bits per heavy atom. The van der Waals surface area contributed by atoms with Gasteiger partial charge in [0.2, 0.25) is 0 Å². The van der Waals surface area contributed by atoms with E-state index in [4.69, 9.17) is 0 Å². The van der Waals surface area contributed by atoms with Gasteiger partial charge in [0, 0.05) is 11.1 Å². The molecule has 0 atom stereocenters. The molecule has 1 aromatic heterocycles. The lowest BCUT2D eigenvalue weighted by molar-refractivity contribution is -0.111. The van der Waals surface area contributed by atoms with Gasteiger partial charge >= 0.3 is 0 Å². The predicted molar refractivity (Wildman–Crippen MR) is 45.9 cm³/mol. The number of carbonyl (C=O) groups is 1. The molecule has 2 nitrogen and oxygen atoms in total. The monoisotopic (exact) mass is 169 g/mol. The Morgan fingerprint density at radius 3 is 2.64 bits per heavy atom. The second-order valence-electron chi connectivity index (χ2n) is 3.13. The fourth-order valence-electron chi connectivity index (χ4n) is 0.700. The number of rotatable bonds is 2. The molecular formula is C8H11NOS. The van der Waals surface area contributed by atoms with Crippen LogP contribution in [0, 0.1) is 6.92 Å². The molecule has 0 radical (unpaired) electrons. The summed E-state index contributed by atoms with van der Waals surface area (Å²) in [6.07, 6.45) is 0.936. The zero-order valence-corrected chi connectivity index (χ0v) is 7.73. The molecule has 0 unspecified atom stereocenters. The average Bonchev–Trinajstić information content (AvgIpc) is 2.36. The number of hydrogen-bond acceptors (Lipinski definition) is 3. The Morgan fingerprint density at radius 1 is 1.64 bits per heavy atom. The highest BCUT2D eigenvalue weighted by molar-refractivity contribution is 7.10. The summed E-state index contributed by atoms with van der Waals surface area (Å²) < 4.78 is 0. The average molecular weight is 169 g/mol. The molecule has 0 bridgehead atoms. The summed E-state index contributed by atoms with van der Waals surface area (Å²) >= 11 is 1.54. The van der Waals surface area contributed by atoms with Crippen molar-refractivity contribution in [1.82, 2.24) is 4.98 Å². The summed E-state index contributed by atoms with van der Waals surface area (Å²) in [7, 11) is 0. The molecule has 0 saturated carbocycles. The molecule has 0 aliphatic rings. The third-order valence-electron chi connectivity index (χ3n) is 1.46. The highest BCUT2D eigenvalue weighted by atomic mass is 32.1. The number of nitrogens with zero attached hydrogens (tertiary/aromatic N) is 1. The Balaban J connectivity index is 3.01. The van der Waals surface area contributed by atoms with Crippen LogP contribution in [0.15, 0.2) is 5.38 Å². The van der Waals surface area contributed by atoms with Crippen molar-refractivity contribution in [2.24, 2.45) is 0 Å². The Hall–Kier alpha value is -0.700. The maximum Gasteiger partial charge on any atom is 0.132 e. The summed E-state index contributed by atoms with van der Waals surface area (Å²) in [5.41, 5.74) is 0.568. The van der Waals surface area contributed by atoms with Crippen molar-refractivity contribution in [2.75, 3.05) is 0 Å². The summed E-state index contributed by atoms with van der Waals surface area (Å²) in [4.78, 5) is 14.8. The molecule has 1 rings (SSSR count). The van der Waals surface area contributed by atoms with Crippen molar-refractivity contribution in [2.45, 2.75) is 26.2 Å². The highest BCUT2D eigenvalue weighted by Crippen LogP contribution is 2.23. The minimum atomic E-state index is -0.418. The largest absolute Gasteiger partial charge is 0.302 e. The van der Waals surface area contributed by atoms with E-state index in [9.17, 15) is 4.79 Å². The first-order chi connectivity index (χ1) is 5.06. The third-order valence-corrected chi connectivity index (χ3v) is 2.76. The molecule has 0 aliphatic heterocycles. The second kappa shape index (κ2) is 2.74. The molecule has 60 valence electrons. The van der Waals surface area contributed by atoms with Crippen LogP contribution < -0.4 is 0 Å². The van der Waals surface area contributed by atoms with Crippen molar-refractivity contribution in [1.29, 1.82) is 0 Å². The van der Waals surface area contributed by atoms with Gasteiger partial charge in [0.25, 0.3) is 0 Å². The van der Waals surface area contributed by atoms with E-state index in [-0.39, 0.29) is 0 Å². The molecule has 1 heterocycles. The fourth-order valence-corrected chi connectivity index (χ4v) is 1.58. The summed E-state index contributed by atoms with van der Waals surface area (Å²) in [5, 5.41) is 2.85. The van der Waals surface area contributed by atoms with E-state index in [1.54, 1.807) is 0 Å². The fraction of sp³-hybridized carbons (Fsp3) is 0.500. The lowest BCUT2D eigenvalue weighted by atomic mass is 9.97. The van der Waals surface area contributed by atoms with Crippen molar-refractivity contribution in [3.05, 3.63) is 16.1 Å². The third kappa shape index (κ3) is 1.66. The van der Waals surface area contributed by atoms with Gasteiger partial charge in [0.1, 0.15) is 11.3 Å². The van der Waals surface area contributed by atoms with Crippen LogP contribution >= 0.6 is 11.3 Å². The van der Waals surface area contributed by atoms with Crippen molar-refractivity contribution in [3.63, 3.8) is 0 Å². The van der Waals surface area contributed by atoms with Crippen LogP contribution in [0.4, 0.5) is 0 Å². The molecule has 0 aliphatic carbocycles. The first-order valence-corrected chi connectivity index (χ1v) is 4.33. The molecule has 0 amide bonds. The molecule has 0 spiro atoms. The van der Waals surface area contributed by atoms with Gasteiger partial charge in [-0.25, -0.2) is 4.98 Å². The van der Waals surface area contributed by atoms with E-state index in [1.807, 2.05) is 26.2 Å². The van der Waals surface area contributed by atoms with Crippen LogP contribution in [0.3, 0.4) is 0 Å². The lowest BCUT2D eigenvalue weighted by Crippen LogP contribution is -2.18. The van der Waals surface area contributed by atoms with Crippen LogP contribution in [0.2, 0.25) is 0 Å². The molecule has 1 aromatic rings. The minimum Gasteiger partial charge on any atom is -0.302 e. The summed E-state index contributed by atoms with van der Waals surface area (Å²) in [5.74, 6) is 0. The zero-order valence-electron chi connectivity index (χ0n) is 6.92. The molecule has 0 saturated heterocycles. The number of hydrogen-bond donors (Lipinski definition) is 0. The number of carbonyl (C=O) groups excluding carboxylic acids is 1. The molecule has 0 aromatic carbocycles. The zero-order chi connectivity index (χ0) is 8.48. The maximum absolute atomic E-state index is 10.6. The predicted octanol–water partition coefficient (Wildman–Crippen LogP) is 1.93. The van der Waals surface area contributed by atoms with Gasteiger partial charge in [-0.1, -0.05) is 0 Å². The van der Waals surface area contributed by atoms with Gasteiger partial charge in [0.05, 0.1) is 5.41 Å². The molecule has 0 fully saturated rings. The van der Waals surface area contributed by atoms with Crippen LogP contribution in [0.1, 0.15) is 24.5 Å². The standard InChI is InChI=1S/C8H11NOS/c1-6-4-11-7(9-6)8(2,3)5-10/h4-5H,1-3H3. The molecule has 11 heavy (non-hydrogen) atoms. The Labute approximate surface area is 70.3 Å². The number of aryl methyl sites for hydroxylation is 1. The van der Waals surface area contributed by atoms with E-state index in [1.165, 1.54) is 11.3 Å². The first-order valence-electron chi connectivity index (χ1n) is 3.45.